The number of fused-ring (bicyclic) bond motifs is 1. The number of carboxylic acid groups (broad SMARTS) is 1. The van der Waals surface area contributed by atoms with Crippen LogP contribution in [0.1, 0.15) is 52.5 Å². The number of hydrogen-bond acceptors (Lipinski definition) is 3. The second-order valence-corrected chi connectivity index (χ2v) is 7.24. The van der Waals surface area contributed by atoms with Gasteiger partial charge in [-0.3, -0.25) is 0 Å². The van der Waals surface area contributed by atoms with Crippen LogP contribution in [-0.2, 0) is 4.79 Å². The van der Waals surface area contributed by atoms with E-state index in [-0.39, 0.29) is 11.5 Å². The first kappa shape index (κ1) is 16.7. The smallest absolute Gasteiger partial charge is 0.326 e. The molecule has 2 rings (SSSR count). The summed E-state index contributed by atoms with van der Waals surface area (Å²) in [7, 11) is 1.64. The molecule has 22 heavy (non-hydrogen) atoms. The van der Waals surface area contributed by atoms with E-state index >= 15 is 0 Å². The van der Waals surface area contributed by atoms with Crippen molar-refractivity contribution in [3.8, 4) is 5.75 Å². The standard InChI is InChI=1S/C18H27NO3/c1-11(2)16(17(20)21)19-15-9-13(22-6)7-8-14(15)12(3)10-18(19,4)5/h7-9,11-12,16H,10H2,1-6H3,(H,20,21)/t12-,16-/m0/s1. The maximum Gasteiger partial charge on any atom is 0.326 e. The summed E-state index contributed by atoms with van der Waals surface area (Å²) in [6, 6.07) is 5.45. The molecule has 0 radical (unpaired) electrons. The highest BCUT2D eigenvalue weighted by Gasteiger charge is 2.43. The summed E-state index contributed by atoms with van der Waals surface area (Å²) >= 11 is 0. The highest BCUT2D eigenvalue weighted by atomic mass is 16.5. The first-order valence-electron chi connectivity index (χ1n) is 7.89. The molecule has 1 aliphatic rings. The molecule has 0 aromatic heterocycles. The van der Waals surface area contributed by atoms with E-state index in [4.69, 9.17) is 4.74 Å². The van der Waals surface area contributed by atoms with E-state index < -0.39 is 12.0 Å². The van der Waals surface area contributed by atoms with Crippen LogP contribution in [0.15, 0.2) is 18.2 Å². The zero-order chi connectivity index (χ0) is 16.7. The van der Waals surface area contributed by atoms with Crippen LogP contribution in [0.4, 0.5) is 5.69 Å². The van der Waals surface area contributed by atoms with Gasteiger partial charge in [0.15, 0.2) is 0 Å². The first-order chi connectivity index (χ1) is 10.2. The molecule has 4 nitrogen and oxygen atoms in total. The Hall–Kier alpha value is -1.71. The van der Waals surface area contributed by atoms with E-state index in [2.05, 4.69) is 31.7 Å². The Kier molecular flexibility index (Phi) is 4.41. The van der Waals surface area contributed by atoms with Crippen LogP contribution in [0, 0.1) is 5.92 Å². The van der Waals surface area contributed by atoms with E-state index in [1.54, 1.807) is 7.11 Å². The molecule has 0 bridgehead atoms. The van der Waals surface area contributed by atoms with Crippen LogP contribution >= 0.6 is 0 Å². The van der Waals surface area contributed by atoms with Gasteiger partial charge in [-0.2, -0.15) is 0 Å². The summed E-state index contributed by atoms with van der Waals surface area (Å²) in [6.45, 7) is 10.4. The number of nitrogens with zero attached hydrogens (tertiary/aromatic N) is 1. The van der Waals surface area contributed by atoms with Crippen molar-refractivity contribution in [1.29, 1.82) is 0 Å². The lowest BCUT2D eigenvalue weighted by Crippen LogP contribution is -2.58. The van der Waals surface area contributed by atoms with Crippen LogP contribution in [0.25, 0.3) is 0 Å². The highest BCUT2D eigenvalue weighted by molar-refractivity contribution is 5.80. The van der Waals surface area contributed by atoms with E-state index in [0.29, 0.717) is 5.92 Å². The maximum absolute atomic E-state index is 11.9. The fourth-order valence-corrected chi connectivity index (χ4v) is 3.78. The van der Waals surface area contributed by atoms with Gasteiger partial charge >= 0.3 is 5.97 Å². The molecule has 0 spiro atoms. The second-order valence-electron chi connectivity index (χ2n) is 7.24. The minimum atomic E-state index is -0.772. The molecule has 0 saturated heterocycles. The number of aliphatic carboxylic acids is 1. The van der Waals surface area contributed by atoms with Crippen LogP contribution in [0.5, 0.6) is 5.75 Å². The van der Waals surface area contributed by atoms with Gasteiger partial charge in [-0.05, 0) is 43.7 Å². The summed E-state index contributed by atoms with van der Waals surface area (Å²) < 4.78 is 5.36. The first-order valence-corrected chi connectivity index (χ1v) is 7.89. The molecule has 1 aromatic carbocycles. The zero-order valence-corrected chi connectivity index (χ0v) is 14.4. The van der Waals surface area contributed by atoms with Crippen molar-refractivity contribution >= 4 is 11.7 Å². The molecule has 1 aliphatic heterocycles. The van der Waals surface area contributed by atoms with Crippen molar-refractivity contribution in [2.24, 2.45) is 5.92 Å². The number of methoxy groups -OCH3 is 1. The Morgan fingerprint density at radius 1 is 1.41 bits per heavy atom. The molecule has 0 unspecified atom stereocenters. The molecule has 4 heteroatoms. The Morgan fingerprint density at radius 3 is 2.55 bits per heavy atom. The Bertz CT molecular complexity index is 565. The predicted molar refractivity (Wildman–Crippen MR) is 88.8 cm³/mol. The summed E-state index contributed by atoms with van der Waals surface area (Å²) in [5, 5.41) is 9.77. The number of ether oxygens (including phenoxy) is 1. The van der Waals surface area contributed by atoms with Gasteiger partial charge in [0, 0.05) is 17.3 Å². The van der Waals surface area contributed by atoms with Gasteiger partial charge in [-0.15, -0.1) is 0 Å². The predicted octanol–water partition coefficient (Wildman–Crippen LogP) is 3.90. The summed E-state index contributed by atoms with van der Waals surface area (Å²) in [6.07, 6.45) is 0.933. The quantitative estimate of drug-likeness (QED) is 0.916. The van der Waals surface area contributed by atoms with E-state index in [9.17, 15) is 9.90 Å². The third kappa shape index (κ3) is 2.79. The average Bonchev–Trinajstić information content (AvgIpc) is 2.41. The van der Waals surface area contributed by atoms with Gasteiger partial charge in [0.2, 0.25) is 0 Å². The maximum atomic E-state index is 11.9. The minimum absolute atomic E-state index is 0.0178. The van der Waals surface area contributed by atoms with Crippen LogP contribution < -0.4 is 9.64 Å². The molecule has 0 aliphatic carbocycles. The second kappa shape index (κ2) is 5.82. The van der Waals surface area contributed by atoms with Gasteiger partial charge in [0.25, 0.3) is 0 Å². The number of rotatable bonds is 4. The summed E-state index contributed by atoms with van der Waals surface area (Å²) in [5.41, 5.74) is 1.97. The van der Waals surface area contributed by atoms with Gasteiger partial charge in [-0.1, -0.05) is 26.8 Å². The molecule has 2 atom stereocenters. The molecule has 1 aromatic rings. The molecule has 122 valence electrons. The van der Waals surface area contributed by atoms with Crippen molar-refractivity contribution in [3.05, 3.63) is 23.8 Å². The van der Waals surface area contributed by atoms with E-state index in [1.807, 2.05) is 26.0 Å². The van der Waals surface area contributed by atoms with Crippen LogP contribution in [0.3, 0.4) is 0 Å². The van der Waals surface area contributed by atoms with Gasteiger partial charge in [0.05, 0.1) is 7.11 Å². The summed E-state index contributed by atoms with van der Waals surface area (Å²) in [4.78, 5) is 14.0. The number of anilines is 1. The highest BCUT2D eigenvalue weighted by Crippen LogP contribution is 2.46. The third-order valence-electron chi connectivity index (χ3n) is 4.65. The molecular formula is C18H27NO3. The van der Waals surface area contributed by atoms with Crippen molar-refractivity contribution in [3.63, 3.8) is 0 Å². The Balaban J connectivity index is 2.64. The van der Waals surface area contributed by atoms with Crippen LogP contribution in [-0.4, -0.2) is 29.8 Å². The molecule has 1 N–H and O–H groups in total. The normalized spacial score (nSPS) is 21.4. The lowest BCUT2D eigenvalue weighted by atomic mass is 9.78. The molecule has 1 heterocycles. The van der Waals surface area contributed by atoms with Crippen molar-refractivity contribution < 1.29 is 14.6 Å². The number of hydrogen-bond donors (Lipinski definition) is 1. The van der Waals surface area contributed by atoms with Crippen molar-refractivity contribution in [2.45, 2.75) is 58.5 Å². The van der Waals surface area contributed by atoms with Crippen LogP contribution in [0.2, 0.25) is 0 Å². The fourth-order valence-electron chi connectivity index (χ4n) is 3.78. The zero-order valence-electron chi connectivity index (χ0n) is 14.4. The molecule has 0 fully saturated rings. The number of carboxylic acids is 1. The monoisotopic (exact) mass is 305 g/mol. The third-order valence-corrected chi connectivity index (χ3v) is 4.65. The number of benzene rings is 1. The minimum Gasteiger partial charge on any atom is -0.497 e. The number of carbonyl (C=O) groups is 1. The van der Waals surface area contributed by atoms with E-state index in [0.717, 1.165) is 17.9 Å². The molecular weight excluding hydrogens is 278 g/mol. The average molecular weight is 305 g/mol. The van der Waals surface area contributed by atoms with Crippen molar-refractivity contribution in [2.75, 3.05) is 12.0 Å². The largest absolute Gasteiger partial charge is 0.497 e. The topological polar surface area (TPSA) is 49.8 Å². The lowest BCUT2D eigenvalue weighted by Gasteiger charge is -2.51. The summed E-state index contributed by atoms with van der Waals surface area (Å²) in [5.74, 6) is 0.408. The van der Waals surface area contributed by atoms with E-state index in [1.165, 1.54) is 5.56 Å². The molecule has 0 amide bonds. The SMILES string of the molecule is COc1ccc2c(c1)N([C@H](C(=O)O)C(C)C)C(C)(C)C[C@@H]2C. The Labute approximate surface area is 133 Å². The molecule has 0 saturated carbocycles. The van der Waals surface area contributed by atoms with Gasteiger partial charge < -0.3 is 14.7 Å². The Morgan fingerprint density at radius 2 is 2.05 bits per heavy atom. The van der Waals surface area contributed by atoms with Gasteiger partial charge in [-0.25, -0.2) is 4.79 Å². The fraction of sp³-hybridized carbons (Fsp3) is 0.611. The lowest BCUT2D eigenvalue weighted by molar-refractivity contribution is -0.140. The van der Waals surface area contributed by atoms with Gasteiger partial charge in [0.1, 0.15) is 11.8 Å². The van der Waals surface area contributed by atoms with Crippen molar-refractivity contribution in [1.82, 2.24) is 0 Å².